The Kier molecular flexibility index (Phi) is 10.2. The van der Waals surface area contributed by atoms with Crippen LogP contribution < -0.4 is 10.8 Å². The molecule has 0 aliphatic heterocycles. The number of fused-ring (bicyclic) bond motifs is 1. The van der Waals surface area contributed by atoms with Gasteiger partial charge in [-0.3, -0.25) is 9.36 Å². The van der Waals surface area contributed by atoms with Gasteiger partial charge in [0.15, 0.2) is 18.1 Å². The molecule has 38 heavy (non-hydrogen) atoms. The molecule has 3 N–H and O–H groups in total. The summed E-state index contributed by atoms with van der Waals surface area (Å²) in [6.07, 6.45) is 4.70. The number of rotatable bonds is 13. The van der Waals surface area contributed by atoms with Crippen LogP contribution in [-0.2, 0) is 39.4 Å². The molecule has 0 spiro atoms. The standard InChI is InChI=1S/C24H39N6O7P/c1-16(2)36-19(31)12-35-38(33,29-24(9-7-6-8-10-24)23(32)37-17(3)4)15-34-18(5)11-30-14-28-20-21(25)26-13-27-22(20)30/h13-14,16-18H,6-12,15H2,1-5H3,(H,29,33)(H2,25,26,27)/t18-,38-/m1/s1. The number of ether oxygens (including phenoxy) is 3. The van der Waals surface area contributed by atoms with E-state index in [2.05, 4.69) is 20.0 Å². The van der Waals surface area contributed by atoms with Crippen LogP contribution in [0.2, 0.25) is 0 Å². The Labute approximate surface area is 222 Å². The zero-order valence-corrected chi connectivity index (χ0v) is 23.6. The number of imidazole rings is 1. The third-order valence-corrected chi connectivity index (χ3v) is 7.80. The molecule has 2 atom stereocenters. The molecule has 1 aliphatic rings. The minimum atomic E-state index is -3.89. The first-order valence-corrected chi connectivity index (χ1v) is 14.7. The Hall–Kier alpha value is -2.60. The van der Waals surface area contributed by atoms with Gasteiger partial charge >= 0.3 is 11.9 Å². The van der Waals surface area contributed by atoms with Crippen LogP contribution in [0.1, 0.15) is 66.7 Å². The summed E-state index contributed by atoms with van der Waals surface area (Å²) >= 11 is 0. The number of nitrogens with two attached hydrogens (primary N) is 1. The van der Waals surface area contributed by atoms with Crippen LogP contribution in [0.15, 0.2) is 12.7 Å². The summed E-state index contributed by atoms with van der Waals surface area (Å²) in [7, 11) is -3.89. The van der Waals surface area contributed by atoms with Crippen molar-refractivity contribution >= 4 is 36.4 Å². The average Bonchev–Trinajstić information content (AvgIpc) is 3.25. The average molecular weight is 555 g/mol. The molecule has 0 aromatic carbocycles. The lowest BCUT2D eigenvalue weighted by molar-refractivity contribution is -0.156. The number of esters is 2. The maximum absolute atomic E-state index is 14.1. The van der Waals surface area contributed by atoms with Gasteiger partial charge in [-0.05, 0) is 47.5 Å². The summed E-state index contributed by atoms with van der Waals surface area (Å²) in [6, 6.07) is 0. The SMILES string of the molecule is CC(C)OC(=O)CO[P@](=O)(CO[C@H](C)Cn1cnc2c(N)ncnc21)NC1(C(=O)OC(C)C)CCCCC1. The molecular weight excluding hydrogens is 515 g/mol. The lowest BCUT2D eigenvalue weighted by atomic mass is 9.82. The van der Waals surface area contributed by atoms with Crippen molar-refractivity contribution in [2.24, 2.45) is 0 Å². The first kappa shape index (κ1) is 29.9. The fraction of sp³-hybridized carbons (Fsp3) is 0.708. The van der Waals surface area contributed by atoms with Gasteiger partial charge in [-0.25, -0.2) is 24.8 Å². The van der Waals surface area contributed by atoms with E-state index < -0.39 is 37.7 Å². The van der Waals surface area contributed by atoms with Crippen LogP contribution in [0.4, 0.5) is 5.82 Å². The largest absolute Gasteiger partial charge is 0.462 e. The van der Waals surface area contributed by atoms with Gasteiger partial charge in [-0.2, -0.15) is 0 Å². The Balaban J connectivity index is 1.77. The van der Waals surface area contributed by atoms with Crippen molar-refractivity contribution in [3.05, 3.63) is 12.7 Å². The van der Waals surface area contributed by atoms with E-state index in [0.29, 0.717) is 30.6 Å². The first-order valence-electron chi connectivity index (χ1n) is 12.9. The van der Waals surface area contributed by atoms with E-state index in [1.165, 1.54) is 6.33 Å². The number of hydrogen-bond acceptors (Lipinski definition) is 11. The van der Waals surface area contributed by atoms with Crippen molar-refractivity contribution in [3.8, 4) is 0 Å². The van der Waals surface area contributed by atoms with Crippen molar-refractivity contribution in [2.45, 2.75) is 97.1 Å². The van der Waals surface area contributed by atoms with Crippen molar-refractivity contribution in [3.63, 3.8) is 0 Å². The summed E-state index contributed by atoms with van der Waals surface area (Å²) < 4.78 is 38.1. The summed E-state index contributed by atoms with van der Waals surface area (Å²) in [5, 5.41) is 2.98. The predicted molar refractivity (Wildman–Crippen MR) is 140 cm³/mol. The molecule has 0 saturated heterocycles. The van der Waals surface area contributed by atoms with E-state index in [1.807, 2.05) is 0 Å². The van der Waals surface area contributed by atoms with Gasteiger partial charge in [-0.1, -0.05) is 19.3 Å². The molecule has 0 bridgehead atoms. The van der Waals surface area contributed by atoms with Gasteiger partial charge in [0.1, 0.15) is 23.7 Å². The highest BCUT2D eigenvalue weighted by molar-refractivity contribution is 7.56. The molecule has 1 aliphatic carbocycles. The predicted octanol–water partition coefficient (Wildman–Crippen LogP) is 3.18. The Morgan fingerprint density at radius 3 is 2.42 bits per heavy atom. The molecule has 1 fully saturated rings. The van der Waals surface area contributed by atoms with Crippen LogP contribution in [0.25, 0.3) is 11.2 Å². The highest BCUT2D eigenvalue weighted by Gasteiger charge is 2.47. The number of aromatic nitrogens is 4. The Morgan fingerprint density at radius 2 is 1.76 bits per heavy atom. The zero-order valence-electron chi connectivity index (χ0n) is 22.7. The van der Waals surface area contributed by atoms with Gasteiger partial charge in [0, 0.05) is 0 Å². The molecule has 1 saturated carbocycles. The Bertz CT molecular complexity index is 1150. The maximum Gasteiger partial charge on any atom is 0.332 e. The highest BCUT2D eigenvalue weighted by Crippen LogP contribution is 2.48. The summed E-state index contributed by atoms with van der Waals surface area (Å²) in [4.78, 5) is 37.8. The summed E-state index contributed by atoms with van der Waals surface area (Å²) in [5.41, 5.74) is 5.67. The fourth-order valence-electron chi connectivity index (χ4n) is 4.31. The zero-order chi connectivity index (χ0) is 27.9. The number of nitrogen functional groups attached to an aromatic ring is 1. The monoisotopic (exact) mass is 554 g/mol. The normalized spacial score (nSPS) is 17.9. The van der Waals surface area contributed by atoms with Crippen molar-refractivity contribution in [1.82, 2.24) is 24.6 Å². The van der Waals surface area contributed by atoms with Crippen LogP contribution in [0.3, 0.4) is 0 Å². The van der Waals surface area contributed by atoms with Gasteiger partial charge in [0.25, 0.3) is 7.52 Å². The Morgan fingerprint density at radius 1 is 1.08 bits per heavy atom. The topological polar surface area (TPSA) is 170 Å². The van der Waals surface area contributed by atoms with Gasteiger partial charge in [-0.15, -0.1) is 0 Å². The molecule has 0 radical (unpaired) electrons. The smallest absolute Gasteiger partial charge is 0.332 e. The fourth-order valence-corrected chi connectivity index (χ4v) is 6.25. The van der Waals surface area contributed by atoms with Crippen LogP contribution in [0.5, 0.6) is 0 Å². The quantitative estimate of drug-likeness (QED) is 0.274. The number of nitrogens with one attached hydrogen (secondary N) is 1. The minimum absolute atomic E-state index is 0.267. The summed E-state index contributed by atoms with van der Waals surface area (Å²) in [6.45, 7) is 8.48. The lowest BCUT2D eigenvalue weighted by Crippen LogP contribution is -2.53. The first-order chi connectivity index (χ1) is 17.9. The second-order valence-corrected chi connectivity index (χ2v) is 12.2. The van der Waals surface area contributed by atoms with Crippen LogP contribution in [0, 0.1) is 0 Å². The van der Waals surface area contributed by atoms with E-state index in [0.717, 1.165) is 19.3 Å². The van der Waals surface area contributed by atoms with E-state index >= 15 is 0 Å². The molecule has 13 nitrogen and oxygen atoms in total. The molecule has 0 unspecified atom stereocenters. The number of nitrogens with zero attached hydrogens (tertiary/aromatic N) is 4. The number of anilines is 1. The van der Waals surface area contributed by atoms with Crippen molar-refractivity contribution < 1.29 is 32.9 Å². The van der Waals surface area contributed by atoms with E-state index in [1.54, 1.807) is 45.5 Å². The minimum Gasteiger partial charge on any atom is -0.462 e. The van der Waals surface area contributed by atoms with E-state index in [4.69, 9.17) is 24.5 Å². The molecule has 14 heteroatoms. The van der Waals surface area contributed by atoms with Gasteiger partial charge in [0.2, 0.25) is 0 Å². The van der Waals surface area contributed by atoms with Gasteiger partial charge in [0.05, 0.1) is 31.2 Å². The molecule has 2 heterocycles. The maximum atomic E-state index is 14.1. The molecule has 212 valence electrons. The molecule has 3 rings (SSSR count). The van der Waals surface area contributed by atoms with Crippen molar-refractivity contribution in [1.29, 1.82) is 0 Å². The summed E-state index contributed by atoms with van der Waals surface area (Å²) in [5.74, 6) is -0.889. The van der Waals surface area contributed by atoms with Crippen LogP contribution in [-0.4, -0.2) is 68.3 Å². The third kappa shape index (κ3) is 7.95. The molecule has 2 aromatic rings. The van der Waals surface area contributed by atoms with E-state index in [9.17, 15) is 14.2 Å². The lowest BCUT2D eigenvalue weighted by Gasteiger charge is -2.38. The second kappa shape index (κ2) is 13.0. The van der Waals surface area contributed by atoms with Crippen molar-refractivity contribution in [2.75, 3.05) is 18.7 Å². The van der Waals surface area contributed by atoms with Gasteiger partial charge < -0.3 is 29.0 Å². The van der Waals surface area contributed by atoms with Crippen LogP contribution >= 0.6 is 7.52 Å². The second-order valence-electron chi connectivity index (χ2n) is 10.1. The number of carbonyl (C=O) groups excluding carboxylic acids is 2. The molecule has 0 amide bonds. The highest BCUT2D eigenvalue weighted by atomic mass is 31.2. The number of carbonyl (C=O) groups is 2. The third-order valence-electron chi connectivity index (χ3n) is 6.00. The number of hydrogen-bond donors (Lipinski definition) is 2. The van der Waals surface area contributed by atoms with E-state index in [-0.39, 0.29) is 24.4 Å². The molecule has 2 aromatic heterocycles. The molecular formula is C24H39N6O7P.